The molecule has 2 atom stereocenters. The van der Waals surface area contributed by atoms with E-state index >= 15 is 0 Å². The highest BCUT2D eigenvalue weighted by atomic mass is 16.6. The summed E-state index contributed by atoms with van der Waals surface area (Å²) in [7, 11) is 0. The lowest BCUT2D eigenvalue weighted by molar-refractivity contribution is -0.167. The van der Waals surface area contributed by atoms with Gasteiger partial charge in [-0.3, -0.25) is 14.4 Å². The van der Waals surface area contributed by atoms with Gasteiger partial charge in [-0.25, -0.2) is 0 Å². The van der Waals surface area contributed by atoms with E-state index in [1.54, 1.807) is 0 Å². The third-order valence-electron chi connectivity index (χ3n) is 13.3. The Labute approximate surface area is 393 Å². The molecule has 0 heterocycles. The monoisotopic (exact) mass is 891 g/mol. The second kappa shape index (κ2) is 49.8. The van der Waals surface area contributed by atoms with Gasteiger partial charge in [0.1, 0.15) is 13.2 Å². The number of carbonyl (C=O) groups excluding carboxylic acids is 3. The van der Waals surface area contributed by atoms with Crippen molar-refractivity contribution in [2.24, 2.45) is 11.8 Å². The Bertz CT molecular complexity index is 964. The van der Waals surface area contributed by atoms with Crippen LogP contribution >= 0.6 is 0 Å². The molecule has 0 N–H and O–H groups in total. The Morgan fingerprint density at radius 1 is 0.333 bits per heavy atom. The van der Waals surface area contributed by atoms with E-state index in [4.69, 9.17) is 14.2 Å². The van der Waals surface area contributed by atoms with Gasteiger partial charge in [0, 0.05) is 19.3 Å². The summed E-state index contributed by atoms with van der Waals surface area (Å²) < 4.78 is 16.9. The van der Waals surface area contributed by atoms with E-state index in [1.807, 2.05) is 0 Å². The maximum Gasteiger partial charge on any atom is 0.306 e. The molecule has 1 unspecified atom stereocenters. The van der Waals surface area contributed by atoms with Gasteiger partial charge < -0.3 is 14.2 Å². The maximum absolute atomic E-state index is 12.8. The Balaban J connectivity index is 4.29. The van der Waals surface area contributed by atoms with Gasteiger partial charge in [-0.1, -0.05) is 279 Å². The molecule has 0 aliphatic heterocycles. The predicted molar refractivity (Wildman–Crippen MR) is 270 cm³/mol. The number of esters is 3. The van der Waals surface area contributed by atoms with Crippen molar-refractivity contribution in [3.8, 4) is 0 Å². The van der Waals surface area contributed by atoms with Crippen LogP contribution in [0.25, 0.3) is 0 Å². The molecule has 0 radical (unpaired) electrons. The molecule has 6 nitrogen and oxygen atoms in total. The summed E-state index contributed by atoms with van der Waals surface area (Å²) in [6, 6.07) is 0. The molecule has 0 aromatic heterocycles. The largest absolute Gasteiger partial charge is 0.462 e. The Morgan fingerprint density at radius 3 is 0.905 bits per heavy atom. The van der Waals surface area contributed by atoms with Crippen LogP contribution in [0.4, 0.5) is 0 Å². The summed E-state index contributed by atoms with van der Waals surface area (Å²) in [5.41, 5.74) is 0. The van der Waals surface area contributed by atoms with Crippen molar-refractivity contribution >= 4 is 17.9 Å². The van der Waals surface area contributed by atoms with Crippen LogP contribution in [-0.2, 0) is 28.6 Å². The first kappa shape index (κ1) is 61.4. The lowest BCUT2D eigenvalue weighted by Crippen LogP contribution is -2.30. The van der Waals surface area contributed by atoms with Crippen molar-refractivity contribution in [2.75, 3.05) is 13.2 Å². The Kier molecular flexibility index (Phi) is 48.6. The molecule has 0 saturated carbocycles. The molecule has 0 aromatic rings. The van der Waals surface area contributed by atoms with Crippen molar-refractivity contribution in [1.82, 2.24) is 0 Å². The molecule has 0 aromatic carbocycles. The zero-order valence-corrected chi connectivity index (χ0v) is 43.2. The average molecular weight is 892 g/mol. The highest BCUT2D eigenvalue weighted by molar-refractivity contribution is 5.71. The lowest BCUT2D eigenvalue weighted by atomic mass is 9.99. The topological polar surface area (TPSA) is 78.9 Å². The molecule has 0 bridgehead atoms. The van der Waals surface area contributed by atoms with Gasteiger partial charge in [-0.2, -0.15) is 0 Å². The van der Waals surface area contributed by atoms with E-state index in [0.29, 0.717) is 19.3 Å². The van der Waals surface area contributed by atoms with Crippen molar-refractivity contribution in [3.05, 3.63) is 0 Å². The number of ether oxygens (including phenoxy) is 3. The number of rotatable bonds is 51. The molecule has 0 spiro atoms. The van der Waals surface area contributed by atoms with E-state index in [-0.39, 0.29) is 31.1 Å². The van der Waals surface area contributed by atoms with Crippen LogP contribution in [0.15, 0.2) is 0 Å². The summed E-state index contributed by atoms with van der Waals surface area (Å²) in [6.45, 7) is 11.4. The fraction of sp³-hybridized carbons (Fsp3) is 0.947. The summed E-state index contributed by atoms with van der Waals surface area (Å²) in [4.78, 5) is 38.1. The van der Waals surface area contributed by atoms with Gasteiger partial charge in [-0.15, -0.1) is 0 Å². The molecule has 0 aliphatic rings. The second-order valence-corrected chi connectivity index (χ2v) is 20.3. The molecule has 0 fully saturated rings. The van der Waals surface area contributed by atoms with Crippen molar-refractivity contribution in [1.29, 1.82) is 0 Å². The second-order valence-electron chi connectivity index (χ2n) is 20.3. The van der Waals surface area contributed by atoms with Crippen LogP contribution in [0.2, 0.25) is 0 Å². The number of hydrogen-bond acceptors (Lipinski definition) is 6. The minimum absolute atomic E-state index is 0.0629. The molecule has 0 amide bonds. The fourth-order valence-corrected chi connectivity index (χ4v) is 8.66. The highest BCUT2D eigenvalue weighted by Crippen LogP contribution is 2.18. The Hall–Kier alpha value is -1.59. The third kappa shape index (κ3) is 49.7. The molecule has 0 rings (SSSR count). The number of unbranched alkanes of at least 4 members (excludes halogenated alkanes) is 35. The SMILES string of the molecule is CCCCCCCCCCCCCCCC(=O)OC[C@H](COC(=O)CCCCCCCCCCCCCCCCC(C)CC)OC(=O)CCCCCCCCCCCCCC(C)C. The van der Waals surface area contributed by atoms with Crippen LogP contribution in [0, 0.1) is 11.8 Å². The van der Waals surface area contributed by atoms with Crippen molar-refractivity contribution < 1.29 is 28.6 Å². The van der Waals surface area contributed by atoms with Gasteiger partial charge >= 0.3 is 17.9 Å². The van der Waals surface area contributed by atoms with Crippen LogP contribution in [-0.4, -0.2) is 37.2 Å². The van der Waals surface area contributed by atoms with E-state index in [1.165, 1.54) is 205 Å². The lowest BCUT2D eigenvalue weighted by Gasteiger charge is -2.18. The van der Waals surface area contributed by atoms with Gasteiger partial charge in [-0.05, 0) is 31.1 Å². The minimum atomic E-state index is -0.762. The van der Waals surface area contributed by atoms with E-state index in [9.17, 15) is 14.4 Å². The van der Waals surface area contributed by atoms with E-state index in [0.717, 1.165) is 69.6 Å². The predicted octanol–water partition coefficient (Wildman–Crippen LogP) is 18.5. The van der Waals surface area contributed by atoms with E-state index in [2.05, 4.69) is 34.6 Å². The molecule has 374 valence electrons. The smallest absolute Gasteiger partial charge is 0.306 e. The van der Waals surface area contributed by atoms with Crippen LogP contribution in [0.5, 0.6) is 0 Å². The van der Waals surface area contributed by atoms with Gasteiger partial charge in [0.15, 0.2) is 6.10 Å². The van der Waals surface area contributed by atoms with Crippen molar-refractivity contribution in [2.45, 2.75) is 323 Å². The standard InChI is InChI=1S/C57H110O6/c1-6-8-9-10-11-12-13-16-22-27-32-37-42-47-55(58)61-50-54(63-57(60)49-44-39-34-29-24-19-20-25-30-35-40-45-52(3)4)51-62-56(59)48-43-38-33-28-23-18-15-14-17-21-26-31-36-41-46-53(5)7-2/h52-54H,6-51H2,1-5H3/t53?,54-/m1/s1. The third-order valence-corrected chi connectivity index (χ3v) is 13.3. The van der Waals surface area contributed by atoms with Crippen molar-refractivity contribution in [3.63, 3.8) is 0 Å². The summed E-state index contributed by atoms with van der Waals surface area (Å²) >= 11 is 0. The number of hydrogen-bond donors (Lipinski definition) is 0. The first-order chi connectivity index (χ1) is 30.8. The quantitative estimate of drug-likeness (QED) is 0.0344. The van der Waals surface area contributed by atoms with Gasteiger partial charge in [0.05, 0.1) is 0 Å². The van der Waals surface area contributed by atoms with Crippen LogP contribution in [0.1, 0.15) is 317 Å². The minimum Gasteiger partial charge on any atom is -0.462 e. The highest BCUT2D eigenvalue weighted by Gasteiger charge is 2.19. The molecule has 0 aliphatic carbocycles. The Morgan fingerprint density at radius 2 is 0.603 bits per heavy atom. The molecular weight excluding hydrogens is 781 g/mol. The average Bonchev–Trinajstić information content (AvgIpc) is 3.27. The van der Waals surface area contributed by atoms with Crippen LogP contribution < -0.4 is 0 Å². The van der Waals surface area contributed by atoms with Gasteiger partial charge in [0.2, 0.25) is 0 Å². The molecule has 0 saturated heterocycles. The van der Waals surface area contributed by atoms with Gasteiger partial charge in [0.25, 0.3) is 0 Å². The normalized spacial score (nSPS) is 12.5. The molecule has 6 heteroatoms. The molecular formula is C57H110O6. The first-order valence-corrected chi connectivity index (χ1v) is 28.3. The van der Waals surface area contributed by atoms with Crippen LogP contribution in [0.3, 0.4) is 0 Å². The summed E-state index contributed by atoms with van der Waals surface area (Å²) in [5.74, 6) is 0.879. The molecule has 63 heavy (non-hydrogen) atoms. The zero-order chi connectivity index (χ0) is 46.1. The number of carbonyl (C=O) groups is 3. The zero-order valence-electron chi connectivity index (χ0n) is 43.2. The first-order valence-electron chi connectivity index (χ1n) is 28.3. The maximum atomic E-state index is 12.8. The van der Waals surface area contributed by atoms with E-state index < -0.39 is 6.10 Å². The summed E-state index contributed by atoms with van der Waals surface area (Å²) in [6.07, 6.45) is 52.2. The summed E-state index contributed by atoms with van der Waals surface area (Å²) in [5, 5.41) is 0. The fourth-order valence-electron chi connectivity index (χ4n) is 8.66.